The number of benzene rings is 2. The number of anilines is 1. The fourth-order valence-corrected chi connectivity index (χ4v) is 2.30. The van der Waals surface area contributed by atoms with Crippen molar-refractivity contribution in [2.45, 2.75) is 6.42 Å². The van der Waals surface area contributed by atoms with Crippen LogP contribution in [0.2, 0.25) is 0 Å². The molecule has 1 aliphatic heterocycles. The molecule has 128 valence electrons. The highest BCUT2D eigenvalue weighted by atomic mass is 16.6. The molecule has 25 heavy (non-hydrogen) atoms. The number of nitrogens with zero attached hydrogens (tertiary/aromatic N) is 1. The third kappa shape index (κ3) is 4.35. The number of nitro groups is 1. The SMILES string of the molecule is O=C(/C=C/c1ccc([N+](=O)[O-])cc1)Nc1ccc2c(c1)OCCCO2. The molecular formula is C18H16N2O5. The molecule has 0 fully saturated rings. The van der Waals surface area contributed by atoms with Crippen LogP contribution in [-0.4, -0.2) is 24.0 Å². The molecule has 1 amide bonds. The predicted octanol–water partition coefficient (Wildman–Crippen LogP) is 3.41. The average molecular weight is 340 g/mol. The summed E-state index contributed by atoms with van der Waals surface area (Å²) in [6.45, 7) is 1.18. The van der Waals surface area contributed by atoms with Gasteiger partial charge in [-0.1, -0.05) is 0 Å². The lowest BCUT2D eigenvalue weighted by molar-refractivity contribution is -0.384. The Morgan fingerprint density at radius 1 is 1.08 bits per heavy atom. The number of nitrogens with one attached hydrogen (secondary N) is 1. The van der Waals surface area contributed by atoms with Gasteiger partial charge in [-0.3, -0.25) is 14.9 Å². The third-order valence-corrected chi connectivity index (χ3v) is 3.55. The second-order valence-corrected chi connectivity index (χ2v) is 5.38. The summed E-state index contributed by atoms with van der Waals surface area (Å²) in [5.41, 5.74) is 1.30. The van der Waals surface area contributed by atoms with Crippen LogP contribution in [0.4, 0.5) is 11.4 Å². The fourth-order valence-electron chi connectivity index (χ4n) is 2.30. The van der Waals surface area contributed by atoms with Gasteiger partial charge in [0.25, 0.3) is 5.69 Å². The van der Waals surface area contributed by atoms with Crippen molar-refractivity contribution in [3.8, 4) is 11.5 Å². The van der Waals surface area contributed by atoms with Crippen LogP contribution >= 0.6 is 0 Å². The summed E-state index contributed by atoms with van der Waals surface area (Å²) in [5, 5.41) is 13.4. The first kappa shape index (κ1) is 16.5. The zero-order valence-electron chi connectivity index (χ0n) is 13.3. The van der Waals surface area contributed by atoms with E-state index in [2.05, 4.69) is 5.32 Å². The topological polar surface area (TPSA) is 90.7 Å². The van der Waals surface area contributed by atoms with Gasteiger partial charge in [0.1, 0.15) is 0 Å². The average Bonchev–Trinajstić information content (AvgIpc) is 2.85. The molecule has 0 bridgehead atoms. The number of ether oxygens (including phenoxy) is 2. The van der Waals surface area contributed by atoms with Crippen LogP contribution in [-0.2, 0) is 4.79 Å². The molecule has 0 saturated heterocycles. The normalized spacial score (nSPS) is 13.3. The summed E-state index contributed by atoms with van der Waals surface area (Å²) >= 11 is 0. The molecule has 0 aliphatic carbocycles. The standard InChI is InChI=1S/C18H16N2O5/c21-18(9-4-13-2-6-15(7-3-13)20(22)23)19-14-5-8-16-17(12-14)25-11-1-10-24-16/h2-9,12H,1,10-11H2,(H,19,21)/b9-4+. The number of hydrogen-bond acceptors (Lipinski definition) is 5. The molecule has 0 aromatic heterocycles. The summed E-state index contributed by atoms with van der Waals surface area (Å²) in [6.07, 6.45) is 3.76. The Morgan fingerprint density at radius 3 is 2.52 bits per heavy atom. The van der Waals surface area contributed by atoms with Crippen molar-refractivity contribution in [2.75, 3.05) is 18.5 Å². The van der Waals surface area contributed by atoms with Crippen molar-refractivity contribution in [1.29, 1.82) is 0 Å². The van der Waals surface area contributed by atoms with Crippen LogP contribution in [0.3, 0.4) is 0 Å². The summed E-state index contributed by atoms with van der Waals surface area (Å²) in [4.78, 5) is 22.2. The monoisotopic (exact) mass is 340 g/mol. The van der Waals surface area contributed by atoms with E-state index in [4.69, 9.17) is 9.47 Å². The molecule has 1 heterocycles. The van der Waals surface area contributed by atoms with Crippen molar-refractivity contribution in [3.05, 3.63) is 64.2 Å². The molecule has 0 spiro atoms. The molecule has 2 aromatic rings. The molecule has 1 aliphatic rings. The first-order valence-electron chi connectivity index (χ1n) is 7.75. The minimum absolute atomic E-state index is 0.00815. The molecule has 7 nitrogen and oxygen atoms in total. The van der Waals surface area contributed by atoms with Crippen LogP contribution in [0, 0.1) is 10.1 Å². The highest BCUT2D eigenvalue weighted by Crippen LogP contribution is 2.32. The number of carbonyl (C=O) groups excluding carboxylic acids is 1. The number of amides is 1. The van der Waals surface area contributed by atoms with Gasteiger partial charge in [-0.25, -0.2) is 0 Å². The van der Waals surface area contributed by atoms with Crippen molar-refractivity contribution < 1.29 is 19.2 Å². The Hall–Kier alpha value is -3.35. The highest BCUT2D eigenvalue weighted by Gasteiger charge is 2.11. The van der Waals surface area contributed by atoms with Crippen LogP contribution in [0.25, 0.3) is 6.08 Å². The third-order valence-electron chi connectivity index (χ3n) is 3.55. The van der Waals surface area contributed by atoms with Gasteiger partial charge in [-0.15, -0.1) is 0 Å². The second-order valence-electron chi connectivity index (χ2n) is 5.38. The molecule has 1 N–H and O–H groups in total. The molecule has 0 saturated carbocycles. The number of non-ortho nitro benzene ring substituents is 1. The Kier molecular flexibility index (Phi) is 4.94. The van der Waals surface area contributed by atoms with Gasteiger partial charge in [-0.05, 0) is 35.9 Å². The maximum atomic E-state index is 12.0. The van der Waals surface area contributed by atoms with E-state index in [1.807, 2.05) is 0 Å². The van der Waals surface area contributed by atoms with Gasteiger partial charge in [0.05, 0.1) is 18.1 Å². The van der Waals surface area contributed by atoms with E-state index in [1.54, 1.807) is 36.4 Å². The first-order chi connectivity index (χ1) is 12.1. The molecule has 0 radical (unpaired) electrons. The lowest BCUT2D eigenvalue weighted by Gasteiger charge is -2.09. The van der Waals surface area contributed by atoms with Gasteiger partial charge >= 0.3 is 0 Å². The molecule has 7 heteroatoms. The summed E-state index contributed by atoms with van der Waals surface area (Å²) in [6, 6.07) is 11.2. The number of carbonyl (C=O) groups is 1. The van der Waals surface area contributed by atoms with E-state index in [0.29, 0.717) is 36.0 Å². The van der Waals surface area contributed by atoms with Gasteiger partial charge in [0, 0.05) is 36.4 Å². The first-order valence-corrected chi connectivity index (χ1v) is 7.75. The van der Waals surface area contributed by atoms with Crippen molar-refractivity contribution >= 4 is 23.4 Å². The maximum Gasteiger partial charge on any atom is 0.269 e. The minimum atomic E-state index is -0.468. The van der Waals surface area contributed by atoms with Gasteiger partial charge in [0.2, 0.25) is 5.91 Å². The molecule has 3 rings (SSSR count). The fraction of sp³-hybridized carbons (Fsp3) is 0.167. The van der Waals surface area contributed by atoms with E-state index in [1.165, 1.54) is 18.2 Å². The van der Waals surface area contributed by atoms with Crippen molar-refractivity contribution in [3.63, 3.8) is 0 Å². The van der Waals surface area contributed by atoms with E-state index < -0.39 is 4.92 Å². The molecular weight excluding hydrogens is 324 g/mol. The smallest absolute Gasteiger partial charge is 0.269 e. The Bertz CT molecular complexity index is 815. The zero-order chi connectivity index (χ0) is 17.6. The molecule has 0 unspecified atom stereocenters. The summed E-state index contributed by atoms with van der Waals surface area (Å²) in [5.74, 6) is 0.958. The maximum absolute atomic E-state index is 12.0. The number of fused-ring (bicyclic) bond motifs is 1. The van der Waals surface area contributed by atoms with Crippen LogP contribution in [0.5, 0.6) is 11.5 Å². The summed E-state index contributed by atoms with van der Waals surface area (Å²) < 4.78 is 11.1. The predicted molar refractivity (Wildman–Crippen MR) is 92.8 cm³/mol. The van der Waals surface area contributed by atoms with E-state index >= 15 is 0 Å². The second kappa shape index (κ2) is 7.48. The highest BCUT2D eigenvalue weighted by molar-refractivity contribution is 6.02. The van der Waals surface area contributed by atoms with Crippen LogP contribution in [0.1, 0.15) is 12.0 Å². The van der Waals surface area contributed by atoms with Crippen molar-refractivity contribution in [1.82, 2.24) is 0 Å². The Labute approximate surface area is 144 Å². The lowest BCUT2D eigenvalue weighted by Crippen LogP contribution is -2.08. The van der Waals surface area contributed by atoms with Gasteiger partial charge in [-0.2, -0.15) is 0 Å². The van der Waals surface area contributed by atoms with Gasteiger partial charge < -0.3 is 14.8 Å². The zero-order valence-corrected chi connectivity index (χ0v) is 13.3. The summed E-state index contributed by atoms with van der Waals surface area (Å²) in [7, 11) is 0. The van der Waals surface area contributed by atoms with E-state index in [9.17, 15) is 14.9 Å². The number of nitro benzene ring substituents is 1. The quantitative estimate of drug-likeness (QED) is 0.523. The Balaban J connectivity index is 1.64. The molecule has 0 atom stereocenters. The number of rotatable bonds is 4. The van der Waals surface area contributed by atoms with E-state index in [0.717, 1.165) is 6.42 Å². The Morgan fingerprint density at radius 2 is 1.80 bits per heavy atom. The minimum Gasteiger partial charge on any atom is -0.490 e. The number of hydrogen-bond donors (Lipinski definition) is 1. The van der Waals surface area contributed by atoms with Gasteiger partial charge in [0.15, 0.2) is 11.5 Å². The van der Waals surface area contributed by atoms with Crippen LogP contribution in [0.15, 0.2) is 48.5 Å². The van der Waals surface area contributed by atoms with E-state index in [-0.39, 0.29) is 11.6 Å². The largest absolute Gasteiger partial charge is 0.490 e. The lowest BCUT2D eigenvalue weighted by atomic mass is 10.2. The molecule has 2 aromatic carbocycles. The van der Waals surface area contributed by atoms with Crippen molar-refractivity contribution in [2.24, 2.45) is 0 Å². The van der Waals surface area contributed by atoms with Crippen LogP contribution < -0.4 is 14.8 Å².